The van der Waals surface area contributed by atoms with Crippen LogP contribution in [0.5, 0.6) is 34.5 Å². The Morgan fingerprint density at radius 2 is 0.677 bits per heavy atom. The van der Waals surface area contributed by atoms with Crippen molar-refractivity contribution in [1.29, 1.82) is 0 Å². The first-order valence-corrected chi connectivity index (χ1v) is 43.7. The summed E-state index contributed by atoms with van der Waals surface area (Å²) in [5.41, 5.74) is 34.7. The van der Waals surface area contributed by atoms with Crippen molar-refractivity contribution in [2.45, 2.75) is 217 Å². The molecule has 4 amide bonds. The normalized spacial score (nSPS) is 19.0. The largest absolute Gasteiger partial charge is 0.457 e. The molecule has 5 aliphatic rings. The van der Waals surface area contributed by atoms with Crippen molar-refractivity contribution in [3.8, 4) is 63.4 Å². The van der Waals surface area contributed by atoms with E-state index in [0.717, 1.165) is 113 Å². The van der Waals surface area contributed by atoms with Crippen LogP contribution in [0.2, 0.25) is 0 Å². The van der Waals surface area contributed by atoms with Gasteiger partial charge < -0.3 is 68.3 Å². The van der Waals surface area contributed by atoms with Gasteiger partial charge in [0.15, 0.2) is 34.4 Å². The lowest BCUT2D eigenvalue weighted by atomic mass is 9.90. The summed E-state index contributed by atoms with van der Waals surface area (Å²) in [5, 5.41) is 8.81. The van der Waals surface area contributed by atoms with Crippen LogP contribution in [0.25, 0.3) is 50.6 Å². The zero-order valence-corrected chi connectivity index (χ0v) is 73.5. The minimum Gasteiger partial charge on any atom is -0.457 e. The van der Waals surface area contributed by atoms with E-state index in [9.17, 15) is 33.6 Å². The molecule has 0 spiro atoms. The van der Waals surface area contributed by atoms with Crippen molar-refractivity contribution in [2.75, 3.05) is 27.8 Å². The Hall–Kier alpha value is -15.0. The smallest absolute Gasteiger partial charge is 0.407 e. The monoisotopic (exact) mass is 1760 g/mol. The van der Waals surface area contributed by atoms with Crippen molar-refractivity contribution in [1.82, 2.24) is 83.2 Å². The number of aromatic nitrogens is 14. The molecule has 0 saturated heterocycles. The molecular weight excluding hydrogens is 1660 g/mol. The Morgan fingerprint density at radius 1 is 0.377 bits per heavy atom. The number of carbonyl (C=O) groups is 4. The van der Waals surface area contributed by atoms with Crippen LogP contribution in [-0.2, 0) is 25.5 Å². The Labute approximate surface area is 749 Å². The molecule has 0 bridgehead atoms. The summed E-state index contributed by atoms with van der Waals surface area (Å²) in [7, 11) is 0. The highest BCUT2D eigenvalue weighted by molar-refractivity contribution is 6.02. The molecule has 4 fully saturated rings. The molecule has 4 saturated carbocycles. The lowest BCUT2D eigenvalue weighted by Crippen LogP contribution is -2.46. The standard InChI is InChI=1S/C28H32N6O4.C27H26N6O3.C23H24N6O2.C17H25N5O3/c1-28(2,3)38-26(35)32-18-9-11-20(12-10-18)34-25-23(24(29)30-17-31-25)33(27(34)36)19-13-15-22(16-14-19)37-21-7-5-4-6-8-21;1-2-6-23(34)31-18-9-11-20(12-10-18)33-26-24(25(28)29-17-30-26)32(27(33)35)19-13-15-22(16-14-19)36-21-7-4-3-5-8-21;24-15-6-8-17(9-7-15)29-22-20(21(25)26-14-27-22)28(23(29)30)16-10-12-19(13-11-16)31-18-4-2-1-3-5-18;1-17(2,3)25-16(24)21-10-4-6-11(7-5-10)22-13(23)8-12-14(18)19-9-20-15(12)22/h4-8,13-18,20H,9-12H2,1-3H3,(H,32,35)(H2,29,30,31);3-5,7-8,13-18,20H,9-12H2,1H3,(H,31,34)(H2,28,29,30);1-5,10-15,17H,6-9,24H2,(H2,25,26,27);9-11H,4-8H2,1-3H3,(H,21,24)(H2,18,19,20). The zero-order valence-electron chi connectivity index (χ0n) is 73.5. The first-order chi connectivity index (χ1) is 62.6. The van der Waals surface area contributed by atoms with Gasteiger partial charge >= 0.3 is 29.3 Å². The van der Waals surface area contributed by atoms with Gasteiger partial charge in [-0.15, -0.1) is 0 Å². The van der Waals surface area contributed by atoms with Crippen LogP contribution in [0.3, 0.4) is 0 Å². The summed E-state index contributed by atoms with van der Waals surface area (Å²) < 4.78 is 38.2. The van der Waals surface area contributed by atoms with Crippen LogP contribution in [-0.4, -0.2) is 133 Å². The summed E-state index contributed by atoms with van der Waals surface area (Å²) in [4.78, 5) is 125. The number of rotatable bonds is 16. The number of hydrogen-bond acceptors (Lipinski definition) is 25. The average molecular weight is 1760 g/mol. The first-order valence-electron chi connectivity index (χ1n) is 43.7. The van der Waals surface area contributed by atoms with Crippen molar-refractivity contribution in [3.63, 3.8) is 0 Å². The van der Waals surface area contributed by atoms with E-state index < -0.39 is 17.3 Å². The number of imidazole rings is 3. The summed E-state index contributed by atoms with van der Waals surface area (Å²) >= 11 is 0. The van der Waals surface area contributed by atoms with Crippen molar-refractivity contribution >= 4 is 86.6 Å². The van der Waals surface area contributed by atoms with Gasteiger partial charge in [0.25, 0.3) is 5.91 Å². The minimum absolute atomic E-state index is 0.0120. The second-order valence-corrected chi connectivity index (χ2v) is 34.7. The molecule has 35 heteroatoms. The number of nitrogens with two attached hydrogens (primary N) is 5. The predicted octanol–water partition coefficient (Wildman–Crippen LogP) is 13.7. The van der Waals surface area contributed by atoms with Gasteiger partial charge in [0.05, 0.1) is 23.5 Å². The summed E-state index contributed by atoms with van der Waals surface area (Å²) in [5.74, 6) is 10.8. The fourth-order valence-electron chi connectivity index (χ4n) is 17.4. The Balaban J connectivity index is 0.000000134. The average Bonchev–Trinajstić information content (AvgIpc) is 1.61. The number of alkyl carbamates (subject to hydrolysis) is 2. The summed E-state index contributed by atoms with van der Waals surface area (Å²) in [6.45, 7) is 12.7. The summed E-state index contributed by atoms with van der Waals surface area (Å²) in [6, 6.07) is 50.6. The van der Waals surface area contributed by atoms with E-state index in [1.165, 1.54) is 25.3 Å². The lowest BCUT2D eigenvalue weighted by Gasteiger charge is -2.34. The zero-order chi connectivity index (χ0) is 91.5. The molecule has 8 heterocycles. The number of fused-ring (bicyclic) bond motifs is 4. The topological polar surface area (TPSA) is 468 Å². The van der Waals surface area contributed by atoms with Gasteiger partial charge in [-0.2, -0.15) is 0 Å². The maximum Gasteiger partial charge on any atom is 0.407 e. The van der Waals surface area contributed by atoms with E-state index in [1.807, 2.05) is 205 Å². The van der Waals surface area contributed by atoms with E-state index >= 15 is 0 Å². The number of carbonyl (C=O) groups excluding carboxylic acids is 4. The third-order valence-electron chi connectivity index (χ3n) is 23.4. The molecule has 7 aromatic heterocycles. The Bertz CT molecular complexity index is 6440. The van der Waals surface area contributed by atoms with Crippen molar-refractivity contribution < 1.29 is 42.9 Å². The number of hydrogen-bond donors (Lipinski definition) is 8. The molecule has 13 aromatic rings. The maximum atomic E-state index is 13.8. The van der Waals surface area contributed by atoms with Crippen molar-refractivity contribution in [2.24, 2.45) is 5.73 Å². The van der Waals surface area contributed by atoms with E-state index in [-0.39, 0.29) is 107 Å². The highest BCUT2D eigenvalue weighted by Crippen LogP contribution is 2.39. The lowest BCUT2D eigenvalue weighted by molar-refractivity contribution is -0.118. The third kappa shape index (κ3) is 21.0. The molecule has 6 aromatic carbocycles. The highest BCUT2D eigenvalue weighted by Gasteiger charge is 2.39. The van der Waals surface area contributed by atoms with Crippen LogP contribution < -0.4 is 80.8 Å². The molecule has 674 valence electrons. The maximum absolute atomic E-state index is 13.8. The molecule has 1 aliphatic heterocycles. The van der Waals surface area contributed by atoms with Gasteiger partial charge in [0, 0.05) is 53.9 Å². The second kappa shape index (κ2) is 39.5. The number of nitrogens with one attached hydrogen (secondary N) is 3. The second-order valence-electron chi connectivity index (χ2n) is 34.7. The van der Waals surface area contributed by atoms with E-state index in [0.29, 0.717) is 92.3 Å². The number of para-hydroxylation sites is 3. The molecule has 130 heavy (non-hydrogen) atoms. The minimum atomic E-state index is -0.554. The number of ether oxygens (including phenoxy) is 5. The van der Waals surface area contributed by atoms with E-state index in [4.69, 9.17) is 52.4 Å². The molecule has 4 aliphatic carbocycles. The molecular formula is C95H107N23O12. The molecule has 0 radical (unpaired) electrons. The quantitative estimate of drug-likeness (QED) is 0.0416. The molecule has 18 rings (SSSR count). The number of amides is 4. The van der Waals surface area contributed by atoms with Gasteiger partial charge in [-0.1, -0.05) is 60.5 Å². The molecule has 0 atom stereocenters. The fourth-order valence-corrected chi connectivity index (χ4v) is 17.4. The SMILES string of the molecule is CC#CC(=O)NC1CCC(n2c(=O)n(-c3ccc(Oc4ccccc4)cc3)c3c(N)ncnc32)CC1.CC(C)(C)OC(=O)NC1CCC(N2C(=O)Cc3c(N)ncnc32)CC1.CC(C)(C)OC(=O)NC1CCC(n2c(=O)n(-c3ccc(Oc4ccccc4)cc3)c3c(N)ncnc32)CC1.Nc1ncnc2c1n(-c1ccc(Oc3ccccc3)cc1)c(=O)n2C1CCC(N)CC1. The molecule has 13 N–H and O–H groups in total. The van der Waals surface area contributed by atoms with Crippen LogP contribution in [0.4, 0.5) is 38.7 Å². The summed E-state index contributed by atoms with van der Waals surface area (Å²) in [6.07, 6.45) is 17.4. The van der Waals surface area contributed by atoms with Crippen LogP contribution >= 0.6 is 0 Å². The molecule has 0 unspecified atom stereocenters. The Kier molecular flexibility index (Phi) is 27.3. The highest BCUT2D eigenvalue weighted by atomic mass is 16.6. The number of benzene rings is 6. The Morgan fingerprint density at radius 3 is 1.01 bits per heavy atom. The van der Waals surface area contributed by atoms with Gasteiger partial charge in [0.1, 0.15) is 99.2 Å². The first kappa shape index (κ1) is 89.9. The van der Waals surface area contributed by atoms with Gasteiger partial charge in [0.2, 0.25) is 5.91 Å². The van der Waals surface area contributed by atoms with Gasteiger partial charge in [-0.25, -0.2) is 63.8 Å². The van der Waals surface area contributed by atoms with Gasteiger partial charge in [-0.3, -0.25) is 41.9 Å². The van der Waals surface area contributed by atoms with Crippen LogP contribution in [0.15, 0.2) is 203 Å². The number of nitrogens with zero attached hydrogens (tertiary/aromatic N) is 15. The predicted molar refractivity (Wildman–Crippen MR) is 494 cm³/mol. The van der Waals surface area contributed by atoms with Crippen LogP contribution in [0.1, 0.15) is 175 Å². The van der Waals surface area contributed by atoms with Crippen molar-refractivity contribution in [3.05, 3.63) is 226 Å². The number of nitrogen functional groups attached to an aromatic ring is 4. The number of anilines is 5. The van der Waals surface area contributed by atoms with E-state index in [2.05, 4.69) is 67.7 Å². The van der Waals surface area contributed by atoms with E-state index in [1.54, 1.807) is 39.2 Å². The van der Waals surface area contributed by atoms with Gasteiger partial charge in [-0.05, 0) is 266 Å². The molecule has 35 nitrogen and oxygen atoms in total. The third-order valence-corrected chi connectivity index (χ3v) is 23.4. The fraction of sp³-hybridized carbons (Fsp3) is 0.358. The van der Waals surface area contributed by atoms with Crippen LogP contribution in [0, 0.1) is 11.8 Å².